The number of Topliss-reactive ketones (excluding diaryl/α,β-unsaturated/α-hetero) is 1. The normalized spacial score (nSPS) is 23.0. The summed E-state index contributed by atoms with van der Waals surface area (Å²) in [7, 11) is 0. The summed E-state index contributed by atoms with van der Waals surface area (Å²) in [5.74, 6) is 1.00. The molecule has 2 aromatic heterocycles. The highest BCUT2D eigenvalue weighted by Gasteiger charge is 2.33. The molecular weight excluding hydrogens is 508 g/mol. The molecule has 10 nitrogen and oxygen atoms in total. The molecule has 5 rings (SSSR count). The number of amides is 1. The number of piperidine rings is 1. The first-order valence-electron chi connectivity index (χ1n) is 14.8. The standard InChI is InChI=1S/C30H44N6O4/c1-18-22-15-32-25(14-24(22)36(21-8-6-7-9-21)28(38)27(18)19(2)37)34-26-17-31-23(16-33-26)20-10-12-35(13-11-20)29(39)40-30(3,4)5/h14-15,20-21,23,26,31,33H,6-13,16-17H2,1-5H3,(H,32,34). The number of carbonyl (C=O) groups excluding carboxylic acids is 2. The minimum Gasteiger partial charge on any atom is -0.444 e. The van der Waals surface area contributed by atoms with Gasteiger partial charge in [-0.25, -0.2) is 9.78 Å². The van der Waals surface area contributed by atoms with E-state index in [-0.39, 0.29) is 35.2 Å². The summed E-state index contributed by atoms with van der Waals surface area (Å²) in [6.07, 6.45) is 7.55. The molecule has 3 N–H and O–H groups in total. The maximum absolute atomic E-state index is 13.5. The van der Waals surface area contributed by atoms with Crippen molar-refractivity contribution in [1.82, 2.24) is 25.1 Å². The molecule has 0 bridgehead atoms. The Morgan fingerprint density at radius 1 is 1.07 bits per heavy atom. The summed E-state index contributed by atoms with van der Waals surface area (Å²) in [5, 5.41) is 11.7. The van der Waals surface area contributed by atoms with Gasteiger partial charge in [0.15, 0.2) is 5.78 Å². The predicted molar refractivity (Wildman–Crippen MR) is 156 cm³/mol. The number of nitrogens with zero attached hydrogens (tertiary/aromatic N) is 3. The summed E-state index contributed by atoms with van der Waals surface area (Å²) in [6.45, 7) is 12.0. The summed E-state index contributed by atoms with van der Waals surface area (Å²) in [6, 6.07) is 2.41. The van der Waals surface area contributed by atoms with Crippen LogP contribution in [-0.2, 0) is 4.74 Å². The SMILES string of the molecule is CC(=O)c1c(C)c2cnc(NC3CNC(C4CCN(C(=O)OC(C)(C)C)CC4)CN3)cc2n(C2CCCC2)c1=O. The van der Waals surface area contributed by atoms with Crippen LogP contribution in [0, 0.1) is 12.8 Å². The van der Waals surface area contributed by atoms with Gasteiger partial charge in [0.05, 0.1) is 17.2 Å². The predicted octanol–water partition coefficient (Wildman–Crippen LogP) is 3.97. The number of nitrogens with one attached hydrogen (secondary N) is 3. The Hall–Kier alpha value is -2.98. The van der Waals surface area contributed by atoms with Crippen LogP contribution in [0.2, 0.25) is 0 Å². The third kappa shape index (κ3) is 6.02. The van der Waals surface area contributed by atoms with Gasteiger partial charge in [-0.2, -0.15) is 0 Å². The van der Waals surface area contributed by atoms with Crippen LogP contribution in [0.25, 0.3) is 10.9 Å². The van der Waals surface area contributed by atoms with Gasteiger partial charge in [-0.3, -0.25) is 14.9 Å². The van der Waals surface area contributed by atoms with Crippen LogP contribution in [0.4, 0.5) is 10.6 Å². The second-order valence-corrected chi connectivity index (χ2v) is 12.7. The van der Waals surface area contributed by atoms with Gasteiger partial charge in [0.25, 0.3) is 5.56 Å². The Bertz CT molecular complexity index is 1310. The number of ketones is 1. The van der Waals surface area contributed by atoms with E-state index in [1.807, 2.05) is 43.2 Å². The number of likely N-dealkylation sites (tertiary alicyclic amines) is 1. The molecule has 0 spiro atoms. The molecule has 3 fully saturated rings. The van der Waals surface area contributed by atoms with Gasteiger partial charge in [-0.1, -0.05) is 12.8 Å². The molecule has 0 aromatic carbocycles. The zero-order valence-corrected chi connectivity index (χ0v) is 24.5. The number of carbonyl (C=O) groups is 2. The second-order valence-electron chi connectivity index (χ2n) is 12.7. The molecule has 40 heavy (non-hydrogen) atoms. The molecule has 2 saturated heterocycles. The van der Waals surface area contributed by atoms with Gasteiger partial charge >= 0.3 is 6.09 Å². The summed E-state index contributed by atoms with van der Waals surface area (Å²) in [4.78, 5) is 44.8. The van der Waals surface area contributed by atoms with E-state index < -0.39 is 5.60 Å². The molecule has 3 aliphatic rings. The van der Waals surface area contributed by atoms with E-state index in [9.17, 15) is 14.4 Å². The number of ether oxygens (including phenoxy) is 1. The monoisotopic (exact) mass is 552 g/mol. The topological polar surface area (TPSA) is 118 Å². The Kier molecular flexibility index (Phi) is 8.20. The number of pyridine rings is 2. The number of piperazine rings is 1. The number of anilines is 1. The van der Waals surface area contributed by atoms with E-state index in [1.165, 1.54) is 6.92 Å². The number of aryl methyl sites for hydroxylation is 1. The molecule has 1 saturated carbocycles. The van der Waals surface area contributed by atoms with Gasteiger partial charge in [0.2, 0.25) is 0 Å². The summed E-state index contributed by atoms with van der Waals surface area (Å²) >= 11 is 0. The van der Waals surface area contributed by atoms with Gasteiger partial charge in [-0.15, -0.1) is 0 Å². The average molecular weight is 553 g/mol. The lowest BCUT2D eigenvalue weighted by molar-refractivity contribution is 0.0165. The van der Waals surface area contributed by atoms with Crippen molar-refractivity contribution in [2.75, 3.05) is 31.5 Å². The molecule has 4 heterocycles. The van der Waals surface area contributed by atoms with Crippen molar-refractivity contribution >= 4 is 28.6 Å². The summed E-state index contributed by atoms with van der Waals surface area (Å²) in [5.41, 5.74) is 1.17. The first-order chi connectivity index (χ1) is 19.0. The lowest BCUT2D eigenvalue weighted by Crippen LogP contribution is -2.60. The third-order valence-electron chi connectivity index (χ3n) is 8.65. The van der Waals surface area contributed by atoms with Crippen LogP contribution in [0.5, 0.6) is 0 Å². The zero-order valence-electron chi connectivity index (χ0n) is 24.5. The average Bonchev–Trinajstić information content (AvgIpc) is 3.42. The van der Waals surface area contributed by atoms with E-state index in [1.54, 1.807) is 6.20 Å². The van der Waals surface area contributed by atoms with Crippen LogP contribution < -0.4 is 21.5 Å². The third-order valence-corrected chi connectivity index (χ3v) is 8.65. The maximum Gasteiger partial charge on any atom is 0.410 e. The van der Waals surface area contributed by atoms with Crippen LogP contribution in [-0.4, -0.2) is 70.3 Å². The highest BCUT2D eigenvalue weighted by Crippen LogP contribution is 2.33. The quantitative estimate of drug-likeness (QED) is 0.477. The lowest BCUT2D eigenvalue weighted by Gasteiger charge is -2.40. The number of aromatic nitrogens is 2. The van der Waals surface area contributed by atoms with Gasteiger partial charge < -0.3 is 24.8 Å². The highest BCUT2D eigenvalue weighted by atomic mass is 16.6. The fourth-order valence-electron chi connectivity index (χ4n) is 6.58. The Morgan fingerprint density at radius 2 is 1.77 bits per heavy atom. The molecule has 1 aliphatic carbocycles. The number of rotatable bonds is 5. The van der Waals surface area contributed by atoms with E-state index >= 15 is 0 Å². The smallest absolute Gasteiger partial charge is 0.410 e. The first-order valence-corrected chi connectivity index (χ1v) is 14.8. The van der Waals surface area contributed by atoms with Crippen LogP contribution >= 0.6 is 0 Å². The fourth-order valence-corrected chi connectivity index (χ4v) is 6.58. The molecule has 1 amide bonds. The number of fused-ring (bicyclic) bond motifs is 1. The van der Waals surface area contributed by atoms with Crippen molar-refractivity contribution in [2.24, 2.45) is 5.92 Å². The molecule has 2 aromatic rings. The first kappa shape index (κ1) is 28.5. The minimum atomic E-state index is -0.477. The van der Waals surface area contributed by atoms with E-state index in [2.05, 4.69) is 20.9 Å². The molecule has 0 radical (unpaired) electrons. The highest BCUT2D eigenvalue weighted by molar-refractivity contribution is 6.00. The molecule has 2 atom stereocenters. The molecule has 218 valence electrons. The van der Waals surface area contributed by atoms with Gasteiger partial charge in [-0.05, 0) is 71.8 Å². The van der Waals surface area contributed by atoms with E-state index in [0.29, 0.717) is 36.4 Å². The van der Waals surface area contributed by atoms with Gasteiger partial charge in [0.1, 0.15) is 11.4 Å². The Morgan fingerprint density at radius 3 is 2.38 bits per heavy atom. The minimum absolute atomic E-state index is 0.00713. The van der Waals surface area contributed by atoms with Crippen LogP contribution in [0.3, 0.4) is 0 Å². The molecule has 10 heteroatoms. The fraction of sp³-hybridized carbons (Fsp3) is 0.667. The molecule has 2 aliphatic heterocycles. The van der Waals surface area contributed by atoms with E-state index in [0.717, 1.165) is 62.5 Å². The second kappa shape index (κ2) is 11.5. The van der Waals surface area contributed by atoms with Crippen molar-refractivity contribution in [3.05, 3.63) is 33.7 Å². The lowest BCUT2D eigenvalue weighted by atomic mass is 9.88. The Labute approximate surface area is 236 Å². The zero-order chi connectivity index (χ0) is 28.6. The number of hydrogen-bond donors (Lipinski definition) is 3. The van der Waals surface area contributed by atoms with Crippen molar-refractivity contribution in [3.8, 4) is 0 Å². The van der Waals surface area contributed by atoms with Crippen molar-refractivity contribution in [2.45, 2.75) is 97.0 Å². The molecule has 2 unspecified atom stereocenters. The molecular formula is C30H44N6O4. The van der Waals surface area contributed by atoms with Crippen molar-refractivity contribution in [3.63, 3.8) is 0 Å². The number of hydrogen-bond acceptors (Lipinski definition) is 8. The van der Waals surface area contributed by atoms with E-state index in [4.69, 9.17) is 4.74 Å². The van der Waals surface area contributed by atoms with Crippen molar-refractivity contribution < 1.29 is 14.3 Å². The van der Waals surface area contributed by atoms with Crippen molar-refractivity contribution in [1.29, 1.82) is 0 Å². The van der Waals surface area contributed by atoms with Crippen LogP contribution in [0.15, 0.2) is 17.1 Å². The summed E-state index contributed by atoms with van der Waals surface area (Å²) < 4.78 is 7.38. The maximum atomic E-state index is 13.5. The van der Waals surface area contributed by atoms with Crippen LogP contribution in [0.1, 0.15) is 88.2 Å². The largest absolute Gasteiger partial charge is 0.444 e. The Balaban J connectivity index is 1.23. The van der Waals surface area contributed by atoms with Gasteiger partial charge in [0, 0.05) is 55.9 Å².